The molecule has 0 atom stereocenters. The van der Waals surface area contributed by atoms with Crippen molar-refractivity contribution < 1.29 is 28.7 Å². The number of ether oxygens (including phenoxy) is 3. The van der Waals surface area contributed by atoms with E-state index in [2.05, 4.69) is 4.74 Å². The second-order valence-electron chi connectivity index (χ2n) is 3.70. The van der Waals surface area contributed by atoms with Crippen LogP contribution in [0, 0.1) is 10.1 Å². The third-order valence-corrected chi connectivity index (χ3v) is 2.33. The van der Waals surface area contributed by atoms with E-state index in [1.54, 1.807) is 0 Å². The van der Waals surface area contributed by atoms with Crippen molar-refractivity contribution in [1.82, 2.24) is 0 Å². The van der Waals surface area contributed by atoms with Gasteiger partial charge >= 0.3 is 0 Å². The van der Waals surface area contributed by atoms with Gasteiger partial charge in [-0.05, 0) is 0 Å². The predicted octanol–water partition coefficient (Wildman–Crippen LogP) is 1.01. The maximum absolute atomic E-state index is 11.3. The van der Waals surface area contributed by atoms with Gasteiger partial charge < -0.3 is 14.2 Å². The van der Waals surface area contributed by atoms with E-state index in [-0.39, 0.29) is 36.1 Å². The van der Waals surface area contributed by atoms with Crippen LogP contribution in [0.5, 0.6) is 11.5 Å². The molecular formula is C12H13NO7. The zero-order chi connectivity index (χ0) is 15.1. The van der Waals surface area contributed by atoms with Crippen LogP contribution in [-0.4, -0.2) is 44.4 Å². The van der Waals surface area contributed by atoms with Crippen molar-refractivity contribution in [1.29, 1.82) is 0 Å². The molecule has 108 valence electrons. The van der Waals surface area contributed by atoms with Crippen LogP contribution in [0.15, 0.2) is 12.1 Å². The summed E-state index contributed by atoms with van der Waals surface area (Å²) in [5.74, 6) is -0.200. The number of nitro groups is 1. The van der Waals surface area contributed by atoms with Gasteiger partial charge in [0.2, 0.25) is 0 Å². The molecule has 0 aliphatic carbocycles. The second-order valence-corrected chi connectivity index (χ2v) is 3.70. The molecule has 0 saturated carbocycles. The van der Waals surface area contributed by atoms with Crippen LogP contribution in [0.3, 0.4) is 0 Å². The number of aldehydes is 1. The number of hydrogen-bond donors (Lipinski definition) is 0. The number of carbonyl (C=O) groups excluding carboxylic acids is 2. The molecule has 0 aliphatic heterocycles. The molecule has 0 aliphatic rings. The molecule has 0 amide bonds. The topological polar surface area (TPSA) is 105 Å². The molecule has 0 saturated heterocycles. The van der Waals surface area contributed by atoms with E-state index in [4.69, 9.17) is 9.47 Å². The molecule has 0 spiro atoms. The lowest BCUT2D eigenvalue weighted by molar-refractivity contribution is -0.385. The molecule has 1 rings (SSSR count). The minimum absolute atomic E-state index is 0.00857. The summed E-state index contributed by atoms with van der Waals surface area (Å²) in [5.41, 5.74) is -0.558. The zero-order valence-corrected chi connectivity index (χ0v) is 11.0. The predicted molar refractivity (Wildman–Crippen MR) is 67.4 cm³/mol. The van der Waals surface area contributed by atoms with E-state index in [1.807, 2.05) is 0 Å². The van der Waals surface area contributed by atoms with E-state index in [1.165, 1.54) is 20.3 Å². The van der Waals surface area contributed by atoms with Crippen LogP contribution < -0.4 is 9.47 Å². The lowest BCUT2D eigenvalue weighted by Gasteiger charge is -2.10. The van der Waals surface area contributed by atoms with E-state index >= 15 is 0 Å². The fourth-order valence-electron chi connectivity index (χ4n) is 1.45. The van der Waals surface area contributed by atoms with Crippen LogP contribution in [0.1, 0.15) is 10.4 Å². The number of nitrogens with zero attached hydrogens (tertiary/aromatic N) is 1. The lowest BCUT2D eigenvalue weighted by Crippen LogP contribution is -2.16. The zero-order valence-electron chi connectivity index (χ0n) is 11.0. The summed E-state index contributed by atoms with van der Waals surface area (Å²) in [7, 11) is 2.68. The summed E-state index contributed by atoms with van der Waals surface area (Å²) in [5, 5.41) is 10.8. The first-order valence-electron chi connectivity index (χ1n) is 5.48. The Hall–Kier alpha value is -2.48. The quantitative estimate of drug-likeness (QED) is 0.398. The Morgan fingerprint density at radius 3 is 2.50 bits per heavy atom. The van der Waals surface area contributed by atoms with Crippen molar-refractivity contribution in [2.24, 2.45) is 0 Å². The minimum Gasteiger partial charge on any atom is -0.493 e. The van der Waals surface area contributed by atoms with Gasteiger partial charge in [0.05, 0.1) is 23.7 Å². The van der Waals surface area contributed by atoms with Crippen LogP contribution >= 0.6 is 0 Å². The molecule has 1 aromatic carbocycles. The summed E-state index contributed by atoms with van der Waals surface area (Å²) in [4.78, 5) is 32.2. The molecule has 0 bridgehead atoms. The first-order chi connectivity index (χ1) is 9.53. The highest BCUT2D eigenvalue weighted by atomic mass is 16.6. The number of carbonyl (C=O) groups is 2. The Kier molecular flexibility index (Phi) is 5.60. The van der Waals surface area contributed by atoms with Gasteiger partial charge in [0.1, 0.15) is 13.2 Å². The van der Waals surface area contributed by atoms with Gasteiger partial charge in [0, 0.05) is 13.2 Å². The maximum Gasteiger partial charge on any atom is 0.283 e. The molecule has 8 heteroatoms. The van der Waals surface area contributed by atoms with Gasteiger partial charge in [-0.15, -0.1) is 0 Å². The van der Waals surface area contributed by atoms with Crippen molar-refractivity contribution in [2.75, 3.05) is 27.4 Å². The third-order valence-electron chi connectivity index (χ3n) is 2.33. The SMILES string of the molecule is COCC(=O)COc1cc([N+](=O)[O-])c(C=O)cc1OC. The fraction of sp³-hybridized carbons (Fsp3) is 0.333. The van der Waals surface area contributed by atoms with Crippen LogP contribution in [-0.2, 0) is 9.53 Å². The number of benzene rings is 1. The van der Waals surface area contributed by atoms with Gasteiger partial charge in [-0.25, -0.2) is 0 Å². The summed E-state index contributed by atoms with van der Waals surface area (Å²) in [6, 6.07) is 2.23. The highest BCUT2D eigenvalue weighted by Gasteiger charge is 2.19. The van der Waals surface area contributed by atoms with E-state index < -0.39 is 10.6 Å². The number of nitro benzene ring substituents is 1. The lowest BCUT2D eigenvalue weighted by atomic mass is 10.1. The number of rotatable bonds is 8. The Balaban J connectivity index is 3.05. The molecule has 0 aromatic heterocycles. The van der Waals surface area contributed by atoms with Crippen molar-refractivity contribution in [3.05, 3.63) is 27.8 Å². The van der Waals surface area contributed by atoms with Gasteiger partial charge in [-0.1, -0.05) is 0 Å². The second kappa shape index (κ2) is 7.19. The highest BCUT2D eigenvalue weighted by molar-refractivity contribution is 5.84. The van der Waals surface area contributed by atoms with Gasteiger partial charge in [0.15, 0.2) is 23.6 Å². The third kappa shape index (κ3) is 3.75. The van der Waals surface area contributed by atoms with Crippen LogP contribution in [0.2, 0.25) is 0 Å². The number of hydrogen-bond acceptors (Lipinski definition) is 7. The average Bonchev–Trinajstić information content (AvgIpc) is 2.44. The summed E-state index contributed by atoms with van der Waals surface area (Å²) in [6.07, 6.45) is 0.348. The highest BCUT2D eigenvalue weighted by Crippen LogP contribution is 2.33. The van der Waals surface area contributed by atoms with Crippen molar-refractivity contribution >= 4 is 17.8 Å². The standard InChI is InChI=1S/C12H13NO7/c1-18-6-9(15)7-20-12-4-10(13(16)17)8(5-14)3-11(12)19-2/h3-5H,6-7H2,1-2H3. The van der Waals surface area contributed by atoms with E-state index in [0.717, 1.165) is 6.07 Å². The van der Waals surface area contributed by atoms with Crippen molar-refractivity contribution in [3.63, 3.8) is 0 Å². The number of ketones is 1. The molecule has 0 radical (unpaired) electrons. The molecule has 0 unspecified atom stereocenters. The summed E-state index contributed by atoms with van der Waals surface area (Å²) >= 11 is 0. The Labute approximate surface area is 114 Å². The van der Waals surface area contributed by atoms with Crippen LogP contribution in [0.4, 0.5) is 5.69 Å². The normalized spacial score (nSPS) is 9.90. The first-order valence-corrected chi connectivity index (χ1v) is 5.48. The number of Topliss-reactive ketones (excluding diaryl/α,β-unsaturated/α-hetero) is 1. The summed E-state index contributed by atoms with van der Waals surface area (Å²) in [6.45, 7) is -0.446. The van der Waals surface area contributed by atoms with E-state index in [0.29, 0.717) is 6.29 Å². The Morgan fingerprint density at radius 2 is 2.00 bits per heavy atom. The van der Waals surface area contributed by atoms with E-state index in [9.17, 15) is 19.7 Å². The van der Waals surface area contributed by atoms with Crippen molar-refractivity contribution in [2.45, 2.75) is 0 Å². The van der Waals surface area contributed by atoms with Crippen LogP contribution in [0.25, 0.3) is 0 Å². The minimum atomic E-state index is -0.715. The first kappa shape index (κ1) is 15.6. The monoisotopic (exact) mass is 283 g/mol. The maximum atomic E-state index is 11.3. The van der Waals surface area contributed by atoms with Gasteiger partial charge in [-0.2, -0.15) is 0 Å². The Morgan fingerprint density at radius 1 is 1.30 bits per heavy atom. The Bertz CT molecular complexity index is 527. The van der Waals surface area contributed by atoms with Crippen molar-refractivity contribution in [3.8, 4) is 11.5 Å². The molecule has 0 heterocycles. The fourth-order valence-corrected chi connectivity index (χ4v) is 1.45. The smallest absolute Gasteiger partial charge is 0.283 e. The molecule has 20 heavy (non-hydrogen) atoms. The number of methoxy groups -OCH3 is 2. The molecular weight excluding hydrogens is 270 g/mol. The van der Waals surface area contributed by atoms with Gasteiger partial charge in [0.25, 0.3) is 5.69 Å². The molecule has 0 fully saturated rings. The van der Waals surface area contributed by atoms with Gasteiger partial charge in [-0.3, -0.25) is 19.7 Å². The average molecular weight is 283 g/mol. The molecule has 8 nitrogen and oxygen atoms in total. The largest absolute Gasteiger partial charge is 0.493 e. The molecule has 1 aromatic rings. The molecule has 0 N–H and O–H groups in total. The summed E-state index contributed by atoms with van der Waals surface area (Å²) < 4.78 is 14.8.